The molecule has 0 radical (unpaired) electrons. The largest absolute Gasteiger partial charge is 0.342 e. The number of rotatable bonds is 3. The van der Waals surface area contributed by atoms with Crippen LogP contribution in [0.3, 0.4) is 0 Å². The Morgan fingerprint density at radius 2 is 1.73 bits per heavy atom. The normalized spacial score (nSPS) is 27.1. The molecular formula is C17H25N3O2. The van der Waals surface area contributed by atoms with Gasteiger partial charge >= 0.3 is 0 Å². The lowest BCUT2D eigenvalue weighted by atomic mass is 10.1. The fourth-order valence-electron chi connectivity index (χ4n) is 4.36. The zero-order valence-corrected chi connectivity index (χ0v) is 13.2. The molecule has 120 valence electrons. The predicted molar refractivity (Wildman–Crippen MR) is 81.4 cm³/mol. The molecule has 0 bridgehead atoms. The van der Waals surface area contributed by atoms with Crippen molar-refractivity contribution >= 4 is 5.91 Å². The highest BCUT2D eigenvalue weighted by atomic mass is 16.5. The molecule has 1 atom stereocenters. The fourth-order valence-corrected chi connectivity index (χ4v) is 4.36. The topological polar surface area (TPSA) is 59.2 Å². The molecule has 1 aliphatic heterocycles. The first-order valence-corrected chi connectivity index (χ1v) is 8.93. The van der Waals surface area contributed by atoms with Crippen molar-refractivity contribution < 1.29 is 9.32 Å². The van der Waals surface area contributed by atoms with E-state index in [1.165, 1.54) is 38.5 Å². The van der Waals surface area contributed by atoms with Gasteiger partial charge in [0.2, 0.25) is 11.8 Å². The van der Waals surface area contributed by atoms with E-state index in [1.807, 2.05) is 4.90 Å². The van der Waals surface area contributed by atoms with Crippen LogP contribution >= 0.6 is 0 Å². The molecule has 0 aromatic carbocycles. The van der Waals surface area contributed by atoms with Gasteiger partial charge in [-0.15, -0.1) is 0 Å². The first-order chi connectivity index (χ1) is 10.8. The Labute approximate surface area is 131 Å². The number of amides is 1. The molecule has 1 amide bonds. The molecule has 1 saturated heterocycles. The Balaban J connectivity index is 1.38. The third-order valence-corrected chi connectivity index (χ3v) is 5.73. The minimum Gasteiger partial charge on any atom is -0.342 e. The summed E-state index contributed by atoms with van der Waals surface area (Å²) >= 11 is 0. The summed E-state index contributed by atoms with van der Waals surface area (Å²) in [5.41, 5.74) is 0. The van der Waals surface area contributed by atoms with E-state index < -0.39 is 0 Å². The van der Waals surface area contributed by atoms with Crippen LogP contribution in [0.15, 0.2) is 4.52 Å². The van der Waals surface area contributed by atoms with Gasteiger partial charge in [-0.05, 0) is 32.1 Å². The van der Waals surface area contributed by atoms with Gasteiger partial charge in [0.15, 0.2) is 5.82 Å². The first kappa shape index (κ1) is 14.2. The van der Waals surface area contributed by atoms with Gasteiger partial charge in [-0.2, -0.15) is 4.98 Å². The van der Waals surface area contributed by atoms with E-state index >= 15 is 0 Å². The summed E-state index contributed by atoms with van der Waals surface area (Å²) in [4.78, 5) is 19.2. The predicted octanol–water partition coefficient (Wildman–Crippen LogP) is 3.23. The maximum absolute atomic E-state index is 12.5. The SMILES string of the molecule is O=C(C1CCCC1)N1CC[C@@H](c2nc(C3CCCC3)no2)C1. The summed E-state index contributed by atoms with van der Waals surface area (Å²) in [6.45, 7) is 1.61. The van der Waals surface area contributed by atoms with Crippen molar-refractivity contribution in [2.45, 2.75) is 69.6 Å². The van der Waals surface area contributed by atoms with Crippen molar-refractivity contribution in [1.29, 1.82) is 0 Å². The molecule has 0 unspecified atom stereocenters. The van der Waals surface area contributed by atoms with Gasteiger partial charge in [0.25, 0.3) is 0 Å². The number of hydrogen-bond acceptors (Lipinski definition) is 4. The van der Waals surface area contributed by atoms with Crippen molar-refractivity contribution in [1.82, 2.24) is 15.0 Å². The fraction of sp³-hybridized carbons (Fsp3) is 0.824. The number of likely N-dealkylation sites (tertiary alicyclic amines) is 1. The average Bonchev–Trinajstić information content (AvgIpc) is 3.35. The zero-order valence-electron chi connectivity index (χ0n) is 13.2. The van der Waals surface area contributed by atoms with Crippen LogP contribution in [0, 0.1) is 5.92 Å². The molecule has 4 rings (SSSR count). The molecule has 2 aliphatic carbocycles. The van der Waals surface area contributed by atoms with Gasteiger partial charge in [-0.1, -0.05) is 30.8 Å². The van der Waals surface area contributed by atoms with Crippen molar-refractivity contribution in [2.75, 3.05) is 13.1 Å². The summed E-state index contributed by atoms with van der Waals surface area (Å²) in [6.07, 6.45) is 10.5. The molecular weight excluding hydrogens is 278 g/mol. The van der Waals surface area contributed by atoms with E-state index in [0.29, 0.717) is 11.8 Å². The van der Waals surface area contributed by atoms with Crippen LogP contribution in [0.5, 0.6) is 0 Å². The van der Waals surface area contributed by atoms with Gasteiger partial charge < -0.3 is 9.42 Å². The summed E-state index contributed by atoms with van der Waals surface area (Å²) in [5, 5.41) is 4.20. The molecule has 3 fully saturated rings. The number of nitrogens with zero attached hydrogens (tertiary/aromatic N) is 3. The Hall–Kier alpha value is -1.39. The maximum Gasteiger partial charge on any atom is 0.231 e. The lowest BCUT2D eigenvalue weighted by Crippen LogP contribution is -2.33. The van der Waals surface area contributed by atoms with Gasteiger partial charge in [0.05, 0.1) is 5.92 Å². The van der Waals surface area contributed by atoms with E-state index in [-0.39, 0.29) is 11.8 Å². The highest BCUT2D eigenvalue weighted by molar-refractivity contribution is 5.79. The summed E-state index contributed by atoms with van der Waals surface area (Å²) in [7, 11) is 0. The standard InChI is InChI=1S/C17H25N3O2/c21-17(13-7-3-4-8-13)20-10-9-14(11-20)16-18-15(19-22-16)12-5-1-2-6-12/h12-14H,1-11H2/t14-/m1/s1. The van der Waals surface area contributed by atoms with Crippen LogP contribution in [0.25, 0.3) is 0 Å². The van der Waals surface area contributed by atoms with Crippen molar-refractivity contribution in [3.63, 3.8) is 0 Å². The monoisotopic (exact) mass is 303 g/mol. The number of aromatic nitrogens is 2. The van der Waals surface area contributed by atoms with Crippen molar-refractivity contribution in [2.24, 2.45) is 5.92 Å². The third kappa shape index (κ3) is 2.66. The second-order valence-corrected chi connectivity index (χ2v) is 7.22. The van der Waals surface area contributed by atoms with Crippen LogP contribution in [-0.4, -0.2) is 34.0 Å². The molecule has 3 aliphatic rings. The van der Waals surface area contributed by atoms with E-state index in [0.717, 1.165) is 44.1 Å². The Morgan fingerprint density at radius 1 is 1.00 bits per heavy atom. The first-order valence-electron chi connectivity index (χ1n) is 8.93. The lowest BCUT2D eigenvalue weighted by Gasteiger charge is -2.19. The van der Waals surface area contributed by atoms with Crippen molar-refractivity contribution in [3.05, 3.63) is 11.7 Å². The van der Waals surface area contributed by atoms with Crippen molar-refractivity contribution in [3.8, 4) is 0 Å². The molecule has 5 heteroatoms. The van der Waals surface area contributed by atoms with Crippen LogP contribution in [0.1, 0.15) is 81.3 Å². The van der Waals surface area contributed by atoms with E-state index in [4.69, 9.17) is 4.52 Å². The molecule has 2 saturated carbocycles. The van der Waals surface area contributed by atoms with Gasteiger partial charge in [-0.25, -0.2) is 0 Å². The minimum atomic E-state index is 0.244. The molecule has 2 heterocycles. The Morgan fingerprint density at radius 3 is 2.50 bits per heavy atom. The van der Waals surface area contributed by atoms with E-state index in [2.05, 4.69) is 10.1 Å². The molecule has 5 nitrogen and oxygen atoms in total. The second-order valence-electron chi connectivity index (χ2n) is 7.22. The number of carbonyl (C=O) groups is 1. The van der Waals surface area contributed by atoms with Gasteiger partial charge in [0, 0.05) is 24.9 Å². The van der Waals surface area contributed by atoms with Crippen LogP contribution in [0.4, 0.5) is 0 Å². The summed E-state index contributed by atoms with van der Waals surface area (Å²) in [5.74, 6) is 3.02. The summed E-state index contributed by atoms with van der Waals surface area (Å²) in [6, 6.07) is 0. The molecule has 0 spiro atoms. The number of carbonyl (C=O) groups excluding carboxylic acids is 1. The van der Waals surface area contributed by atoms with E-state index in [9.17, 15) is 4.79 Å². The highest BCUT2D eigenvalue weighted by Crippen LogP contribution is 2.35. The molecule has 0 N–H and O–H groups in total. The molecule has 22 heavy (non-hydrogen) atoms. The average molecular weight is 303 g/mol. The van der Waals surface area contributed by atoms with Gasteiger partial charge in [-0.3, -0.25) is 4.79 Å². The van der Waals surface area contributed by atoms with Gasteiger partial charge in [0.1, 0.15) is 0 Å². The zero-order chi connectivity index (χ0) is 14.9. The van der Waals surface area contributed by atoms with Crippen LogP contribution in [0.2, 0.25) is 0 Å². The van der Waals surface area contributed by atoms with Crippen LogP contribution < -0.4 is 0 Å². The molecule has 1 aromatic heterocycles. The lowest BCUT2D eigenvalue weighted by molar-refractivity contribution is -0.134. The maximum atomic E-state index is 12.5. The third-order valence-electron chi connectivity index (χ3n) is 5.73. The second kappa shape index (κ2) is 6.01. The Kier molecular flexibility index (Phi) is 3.89. The summed E-state index contributed by atoms with van der Waals surface area (Å²) < 4.78 is 5.52. The smallest absolute Gasteiger partial charge is 0.231 e. The minimum absolute atomic E-state index is 0.244. The highest BCUT2D eigenvalue weighted by Gasteiger charge is 2.35. The number of hydrogen-bond donors (Lipinski definition) is 0. The van der Waals surface area contributed by atoms with Crippen LogP contribution in [-0.2, 0) is 4.79 Å². The molecule has 1 aromatic rings. The van der Waals surface area contributed by atoms with E-state index in [1.54, 1.807) is 0 Å². The Bertz CT molecular complexity index is 530. The quantitative estimate of drug-likeness (QED) is 0.860.